The molecule has 1 N–H and O–H groups in total. The third kappa shape index (κ3) is 2.65. The number of nitrogens with one attached hydrogen (secondary N) is 1. The minimum Gasteiger partial charge on any atom is -0.495 e. The Kier molecular flexibility index (Phi) is 3.89. The van der Waals surface area contributed by atoms with E-state index in [9.17, 15) is 4.39 Å². The van der Waals surface area contributed by atoms with Crippen molar-refractivity contribution in [3.63, 3.8) is 0 Å². The van der Waals surface area contributed by atoms with Crippen molar-refractivity contribution in [1.82, 2.24) is 10.3 Å². The summed E-state index contributed by atoms with van der Waals surface area (Å²) in [5.41, 5.74) is 2.28. The minimum absolute atomic E-state index is 0.218. The Hall–Kier alpha value is -1.94. The van der Waals surface area contributed by atoms with Gasteiger partial charge in [0.05, 0.1) is 13.3 Å². The summed E-state index contributed by atoms with van der Waals surface area (Å²) in [6.45, 7) is 0.516. The fourth-order valence-electron chi connectivity index (χ4n) is 1.75. The second-order valence-corrected chi connectivity index (χ2v) is 3.95. The average Bonchev–Trinajstić information content (AvgIpc) is 2.41. The van der Waals surface area contributed by atoms with Crippen LogP contribution >= 0.6 is 0 Å². The zero-order valence-corrected chi connectivity index (χ0v) is 10.4. The van der Waals surface area contributed by atoms with Gasteiger partial charge in [-0.15, -0.1) is 0 Å². The normalized spacial score (nSPS) is 10.4. The predicted molar refractivity (Wildman–Crippen MR) is 68.9 cm³/mol. The van der Waals surface area contributed by atoms with Crippen LogP contribution in [0.5, 0.6) is 5.75 Å². The first-order chi connectivity index (χ1) is 8.74. The Labute approximate surface area is 106 Å². The molecule has 0 unspecified atom stereocenters. The molecule has 0 saturated heterocycles. The van der Waals surface area contributed by atoms with Crippen LogP contribution in [0.1, 0.15) is 5.56 Å². The summed E-state index contributed by atoms with van der Waals surface area (Å²) in [7, 11) is 3.37. The number of aromatic nitrogens is 1. The first-order valence-electron chi connectivity index (χ1n) is 5.67. The Bertz CT molecular complexity index is 543. The molecule has 0 radical (unpaired) electrons. The molecule has 94 valence electrons. The van der Waals surface area contributed by atoms with Gasteiger partial charge in [0.15, 0.2) is 0 Å². The zero-order chi connectivity index (χ0) is 13.0. The van der Waals surface area contributed by atoms with Gasteiger partial charge in [-0.05, 0) is 24.7 Å². The van der Waals surface area contributed by atoms with Crippen molar-refractivity contribution in [2.75, 3.05) is 14.2 Å². The number of hydrogen-bond acceptors (Lipinski definition) is 3. The van der Waals surface area contributed by atoms with Gasteiger partial charge in [-0.25, -0.2) is 4.39 Å². The molecule has 0 aliphatic heterocycles. The maximum atomic E-state index is 13.8. The van der Waals surface area contributed by atoms with Crippen LogP contribution < -0.4 is 10.1 Å². The number of ether oxygens (including phenoxy) is 1. The van der Waals surface area contributed by atoms with Crippen LogP contribution in [-0.4, -0.2) is 19.1 Å². The van der Waals surface area contributed by atoms with E-state index in [0.717, 1.165) is 11.1 Å². The summed E-state index contributed by atoms with van der Waals surface area (Å²) < 4.78 is 18.9. The molecule has 2 rings (SSSR count). The topological polar surface area (TPSA) is 34.2 Å². The number of rotatable bonds is 4. The molecule has 2 aromatic rings. The second-order valence-electron chi connectivity index (χ2n) is 3.95. The van der Waals surface area contributed by atoms with Gasteiger partial charge in [-0.1, -0.05) is 12.1 Å². The van der Waals surface area contributed by atoms with Crippen LogP contribution in [0.2, 0.25) is 0 Å². The summed E-state index contributed by atoms with van der Waals surface area (Å²) in [5.74, 6) is 0.442. The number of pyridine rings is 1. The summed E-state index contributed by atoms with van der Waals surface area (Å²) in [5, 5.41) is 2.93. The largest absolute Gasteiger partial charge is 0.495 e. The van der Waals surface area contributed by atoms with Crippen molar-refractivity contribution in [3.8, 4) is 16.9 Å². The third-order valence-electron chi connectivity index (χ3n) is 2.70. The molecular formula is C14H15FN2O. The van der Waals surface area contributed by atoms with Gasteiger partial charge in [0.25, 0.3) is 0 Å². The third-order valence-corrected chi connectivity index (χ3v) is 2.70. The SMILES string of the molecule is CNCc1ccc(-c2cncc(OC)c2)cc1F. The molecule has 0 atom stereocenters. The highest BCUT2D eigenvalue weighted by atomic mass is 19.1. The van der Waals surface area contributed by atoms with Gasteiger partial charge in [0, 0.05) is 23.9 Å². The number of methoxy groups -OCH3 is 1. The Morgan fingerprint density at radius 3 is 2.72 bits per heavy atom. The highest BCUT2D eigenvalue weighted by Crippen LogP contribution is 2.24. The highest BCUT2D eigenvalue weighted by Gasteiger charge is 2.05. The van der Waals surface area contributed by atoms with E-state index >= 15 is 0 Å². The lowest BCUT2D eigenvalue weighted by Crippen LogP contribution is -2.06. The number of nitrogens with zero attached hydrogens (tertiary/aromatic N) is 1. The standard InChI is InChI=1S/C14H15FN2O/c1-16-7-11-4-3-10(6-14(11)15)12-5-13(18-2)9-17-8-12/h3-6,8-9,16H,7H2,1-2H3. The molecule has 1 aromatic carbocycles. The van der Waals surface area contributed by atoms with Crippen LogP contribution in [0.25, 0.3) is 11.1 Å². The fourth-order valence-corrected chi connectivity index (χ4v) is 1.75. The van der Waals surface area contributed by atoms with Gasteiger partial charge in [0.2, 0.25) is 0 Å². The van der Waals surface area contributed by atoms with Crippen LogP contribution in [0.3, 0.4) is 0 Å². The molecule has 0 bridgehead atoms. The van der Waals surface area contributed by atoms with E-state index in [0.29, 0.717) is 17.9 Å². The van der Waals surface area contributed by atoms with Gasteiger partial charge in [-0.2, -0.15) is 0 Å². The first kappa shape index (κ1) is 12.5. The van der Waals surface area contributed by atoms with E-state index < -0.39 is 0 Å². The quantitative estimate of drug-likeness (QED) is 0.900. The van der Waals surface area contributed by atoms with Gasteiger partial charge < -0.3 is 10.1 Å². The summed E-state index contributed by atoms with van der Waals surface area (Å²) in [4.78, 5) is 4.06. The summed E-state index contributed by atoms with van der Waals surface area (Å²) in [6, 6.07) is 7.01. The molecule has 0 amide bonds. The Morgan fingerprint density at radius 1 is 1.22 bits per heavy atom. The van der Waals surface area contributed by atoms with E-state index in [1.807, 2.05) is 12.1 Å². The lowest BCUT2D eigenvalue weighted by molar-refractivity contribution is 0.413. The van der Waals surface area contributed by atoms with Crippen molar-refractivity contribution in [2.45, 2.75) is 6.54 Å². The van der Waals surface area contributed by atoms with Crippen LogP contribution in [0.15, 0.2) is 36.7 Å². The molecule has 0 aliphatic carbocycles. The van der Waals surface area contributed by atoms with Crippen molar-refractivity contribution < 1.29 is 9.13 Å². The number of hydrogen-bond donors (Lipinski definition) is 1. The maximum absolute atomic E-state index is 13.8. The van der Waals surface area contributed by atoms with Crippen molar-refractivity contribution in [1.29, 1.82) is 0 Å². The minimum atomic E-state index is -0.218. The molecule has 1 aromatic heterocycles. The van der Waals surface area contributed by atoms with Crippen molar-refractivity contribution in [2.24, 2.45) is 0 Å². The monoisotopic (exact) mass is 246 g/mol. The van der Waals surface area contributed by atoms with E-state index in [2.05, 4.69) is 10.3 Å². The lowest BCUT2D eigenvalue weighted by atomic mass is 10.0. The highest BCUT2D eigenvalue weighted by molar-refractivity contribution is 5.64. The van der Waals surface area contributed by atoms with Crippen molar-refractivity contribution >= 4 is 0 Å². The molecule has 3 nitrogen and oxygen atoms in total. The predicted octanol–water partition coefficient (Wildman–Crippen LogP) is 2.62. The molecule has 0 saturated carbocycles. The molecule has 1 heterocycles. The molecule has 0 aliphatic rings. The molecular weight excluding hydrogens is 231 g/mol. The molecule has 4 heteroatoms. The first-order valence-corrected chi connectivity index (χ1v) is 5.67. The zero-order valence-electron chi connectivity index (χ0n) is 10.4. The van der Waals surface area contributed by atoms with Gasteiger partial charge in [0.1, 0.15) is 11.6 Å². The smallest absolute Gasteiger partial charge is 0.137 e. The summed E-state index contributed by atoms with van der Waals surface area (Å²) in [6.07, 6.45) is 3.31. The Balaban J connectivity index is 2.35. The molecule has 0 spiro atoms. The average molecular weight is 246 g/mol. The van der Waals surface area contributed by atoms with E-state index in [-0.39, 0.29) is 5.82 Å². The number of benzene rings is 1. The second kappa shape index (κ2) is 5.60. The Morgan fingerprint density at radius 2 is 2.06 bits per heavy atom. The van der Waals surface area contributed by atoms with Crippen LogP contribution in [-0.2, 0) is 6.54 Å². The van der Waals surface area contributed by atoms with Crippen molar-refractivity contribution in [3.05, 3.63) is 48.0 Å². The van der Waals surface area contributed by atoms with Crippen LogP contribution in [0.4, 0.5) is 4.39 Å². The van der Waals surface area contributed by atoms with E-state index in [1.54, 1.807) is 32.6 Å². The molecule has 0 fully saturated rings. The lowest BCUT2D eigenvalue weighted by Gasteiger charge is -2.07. The van der Waals surface area contributed by atoms with Crippen LogP contribution in [0, 0.1) is 5.82 Å². The summed E-state index contributed by atoms with van der Waals surface area (Å²) >= 11 is 0. The van der Waals surface area contributed by atoms with E-state index in [4.69, 9.17) is 4.74 Å². The van der Waals surface area contributed by atoms with Gasteiger partial charge in [-0.3, -0.25) is 4.98 Å². The van der Waals surface area contributed by atoms with Gasteiger partial charge >= 0.3 is 0 Å². The maximum Gasteiger partial charge on any atom is 0.137 e. The number of halogens is 1. The fraction of sp³-hybridized carbons (Fsp3) is 0.214. The van der Waals surface area contributed by atoms with E-state index in [1.165, 1.54) is 6.07 Å². The molecule has 18 heavy (non-hydrogen) atoms.